The summed E-state index contributed by atoms with van der Waals surface area (Å²) in [5, 5.41) is 7.90. The van der Waals surface area contributed by atoms with Crippen LogP contribution in [0.4, 0.5) is 0 Å². The molecule has 0 aliphatic heterocycles. The first-order valence-electron chi connectivity index (χ1n) is 6.84. The molecule has 0 atom stereocenters. The average molecular weight is 285 g/mol. The van der Waals surface area contributed by atoms with Gasteiger partial charge in [0.25, 0.3) is 0 Å². The van der Waals surface area contributed by atoms with E-state index in [9.17, 15) is 4.79 Å². The van der Waals surface area contributed by atoms with Crippen molar-refractivity contribution in [2.45, 2.75) is 59.5 Å². The minimum Gasteiger partial charge on any atom is -0.324 e. The molecule has 0 heterocycles. The normalized spacial score (nSPS) is 18.1. The van der Waals surface area contributed by atoms with Gasteiger partial charge in [-0.25, -0.2) is 4.89 Å². The Hall–Kier alpha value is -0.970. The maximum atomic E-state index is 11.5. The van der Waals surface area contributed by atoms with Crippen LogP contribution in [0.3, 0.4) is 0 Å². The van der Waals surface area contributed by atoms with Crippen LogP contribution in [0.25, 0.3) is 0 Å². The Kier molecular flexibility index (Phi) is 7.94. The van der Waals surface area contributed by atoms with E-state index in [2.05, 4.69) is 11.0 Å². The molecule has 0 aromatic rings. The van der Waals surface area contributed by atoms with Crippen LogP contribution in [0.15, 0.2) is 23.3 Å². The Labute approximate surface area is 124 Å². The Bertz CT molecular complexity index is 379. The Morgan fingerprint density at radius 3 is 2.45 bits per heavy atom. The highest BCUT2D eigenvalue weighted by Crippen LogP contribution is 2.41. The van der Waals surface area contributed by atoms with Gasteiger partial charge in [0.15, 0.2) is 5.78 Å². The predicted octanol–water partition coefficient (Wildman–Crippen LogP) is 3.73. The van der Waals surface area contributed by atoms with E-state index in [0.29, 0.717) is 5.92 Å². The minimum absolute atomic E-state index is 0. The van der Waals surface area contributed by atoms with Crippen molar-refractivity contribution < 1.29 is 16.4 Å². The summed E-state index contributed by atoms with van der Waals surface area (Å²) >= 11 is 0. The Morgan fingerprint density at radius 2 is 2.05 bits per heavy atom. The molecule has 1 saturated carbocycles. The summed E-state index contributed by atoms with van der Waals surface area (Å²) in [6.45, 7) is 5.46. The fraction of sp³-hybridized carbons (Fsp3) is 0.688. The second kappa shape index (κ2) is 8.35. The maximum absolute atomic E-state index is 11.5. The van der Waals surface area contributed by atoms with Crippen LogP contribution in [0.1, 0.15) is 55.3 Å². The summed E-state index contributed by atoms with van der Waals surface area (Å²) in [5.74, 6) is 0.813. The summed E-state index contributed by atoms with van der Waals surface area (Å²) in [4.78, 5) is 15.4. The molecular weight excluding hydrogens is 254 g/mol. The number of hydrogen-bond donors (Lipinski definition) is 2. The molecule has 0 amide bonds. The molecule has 0 radical (unpaired) electrons. The van der Waals surface area contributed by atoms with Crippen molar-refractivity contribution in [3.63, 3.8) is 0 Å². The molecule has 118 valence electrons. The molecule has 1 fully saturated rings. The third kappa shape index (κ3) is 6.46. The van der Waals surface area contributed by atoms with Crippen LogP contribution in [0.5, 0.6) is 0 Å². The average Bonchev–Trinajstić information content (AvgIpc) is 3.22. The van der Waals surface area contributed by atoms with E-state index in [1.54, 1.807) is 20.8 Å². The largest absolute Gasteiger partial charge is 0.324 e. The Morgan fingerprint density at radius 1 is 1.50 bits per heavy atom. The SMILES string of the molecule is C.CC(C)(C)OO.NCC(=O)C1=C(C2CC2)CCC=C1.[HH]. The monoisotopic (exact) mass is 285 g/mol. The number of nitrogens with two attached hydrogens (primary N) is 1. The first-order chi connectivity index (χ1) is 8.89. The van der Waals surface area contributed by atoms with Crippen LogP contribution < -0.4 is 5.73 Å². The third-order valence-electron chi connectivity index (χ3n) is 3.04. The van der Waals surface area contributed by atoms with Crippen molar-refractivity contribution >= 4 is 5.78 Å². The van der Waals surface area contributed by atoms with Gasteiger partial charge >= 0.3 is 0 Å². The fourth-order valence-electron chi connectivity index (χ4n) is 1.92. The van der Waals surface area contributed by atoms with E-state index in [1.807, 2.05) is 6.08 Å². The van der Waals surface area contributed by atoms with Crippen molar-refractivity contribution in [3.05, 3.63) is 23.3 Å². The molecule has 2 rings (SSSR count). The van der Waals surface area contributed by atoms with Crippen LogP contribution in [-0.2, 0) is 9.68 Å². The molecule has 0 saturated heterocycles. The molecule has 0 spiro atoms. The highest BCUT2D eigenvalue weighted by Gasteiger charge is 2.29. The van der Waals surface area contributed by atoms with Gasteiger partial charge in [-0.15, -0.1) is 0 Å². The van der Waals surface area contributed by atoms with Crippen LogP contribution in [0.2, 0.25) is 0 Å². The van der Waals surface area contributed by atoms with Gasteiger partial charge < -0.3 is 5.73 Å². The van der Waals surface area contributed by atoms with E-state index in [-0.39, 0.29) is 21.2 Å². The zero-order valence-corrected chi connectivity index (χ0v) is 12.1. The molecule has 0 bridgehead atoms. The molecule has 20 heavy (non-hydrogen) atoms. The number of ketones is 1. The maximum Gasteiger partial charge on any atom is 0.176 e. The molecule has 2 aliphatic rings. The van der Waals surface area contributed by atoms with Gasteiger partial charge in [0, 0.05) is 7.00 Å². The summed E-state index contributed by atoms with van der Waals surface area (Å²) in [6, 6.07) is 0. The molecular formula is C16H31NO3. The molecule has 2 aliphatic carbocycles. The first kappa shape index (κ1) is 19.0. The zero-order valence-electron chi connectivity index (χ0n) is 12.1. The van der Waals surface area contributed by atoms with Gasteiger partial charge in [0.05, 0.1) is 12.1 Å². The van der Waals surface area contributed by atoms with E-state index in [4.69, 9.17) is 11.0 Å². The van der Waals surface area contributed by atoms with Crippen LogP contribution in [0, 0.1) is 5.92 Å². The quantitative estimate of drug-likeness (QED) is 0.612. The van der Waals surface area contributed by atoms with Crippen molar-refractivity contribution in [2.24, 2.45) is 11.7 Å². The lowest BCUT2D eigenvalue weighted by atomic mass is 9.91. The summed E-state index contributed by atoms with van der Waals surface area (Å²) < 4.78 is 0. The van der Waals surface area contributed by atoms with Crippen molar-refractivity contribution in [1.29, 1.82) is 0 Å². The number of rotatable bonds is 3. The van der Waals surface area contributed by atoms with E-state index >= 15 is 0 Å². The van der Waals surface area contributed by atoms with Crippen molar-refractivity contribution in [2.75, 3.05) is 6.54 Å². The molecule has 0 unspecified atom stereocenters. The van der Waals surface area contributed by atoms with Gasteiger partial charge in [0.2, 0.25) is 0 Å². The number of carbonyl (C=O) groups excluding carboxylic acids is 1. The fourth-order valence-corrected chi connectivity index (χ4v) is 1.92. The van der Waals surface area contributed by atoms with Gasteiger partial charge in [-0.05, 0) is 52.4 Å². The Balaban J connectivity index is 0. The zero-order chi connectivity index (χ0) is 14.5. The number of allylic oxidation sites excluding steroid dienone is 3. The number of Topliss-reactive ketones (excluding diaryl/α,β-unsaturated/α-hetero) is 1. The highest BCUT2D eigenvalue weighted by atomic mass is 17.1. The molecule has 3 N–H and O–H groups in total. The number of hydrogen-bond acceptors (Lipinski definition) is 4. The highest BCUT2D eigenvalue weighted by molar-refractivity contribution is 6.00. The third-order valence-corrected chi connectivity index (χ3v) is 3.04. The lowest BCUT2D eigenvalue weighted by molar-refractivity contribution is -0.306. The minimum atomic E-state index is -0.403. The smallest absolute Gasteiger partial charge is 0.176 e. The van der Waals surface area contributed by atoms with Crippen molar-refractivity contribution in [3.8, 4) is 0 Å². The lowest BCUT2D eigenvalue weighted by Crippen LogP contribution is -2.17. The molecule has 4 heteroatoms. The summed E-state index contributed by atoms with van der Waals surface area (Å²) in [6.07, 6.45) is 8.74. The number of carbonyl (C=O) groups is 1. The molecule has 0 aromatic carbocycles. The van der Waals surface area contributed by atoms with Crippen LogP contribution >= 0.6 is 0 Å². The summed E-state index contributed by atoms with van der Waals surface area (Å²) in [5.41, 5.74) is 7.25. The van der Waals surface area contributed by atoms with Gasteiger partial charge in [0.1, 0.15) is 0 Å². The topological polar surface area (TPSA) is 72.6 Å². The molecule has 0 aromatic heterocycles. The second-order valence-corrected chi connectivity index (χ2v) is 5.99. The molecule has 4 nitrogen and oxygen atoms in total. The standard InChI is InChI=1S/C11H15NO.C4H10O2.CH4.H2/c12-7-11(13)10-4-2-1-3-9(10)8-5-6-8;1-4(2,3)6-5;;/h2,4,8H,1,3,5-7,12H2;5H,1-3H3;1H4;1H. The van der Waals surface area contributed by atoms with E-state index < -0.39 is 5.60 Å². The van der Waals surface area contributed by atoms with E-state index in [1.165, 1.54) is 18.4 Å². The lowest BCUT2D eigenvalue weighted by Gasteiger charge is -2.13. The first-order valence-corrected chi connectivity index (χ1v) is 6.84. The predicted molar refractivity (Wildman–Crippen MR) is 84.5 cm³/mol. The van der Waals surface area contributed by atoms with Gasteiger partial charge in [-0.2, -0.15) is 0 Å². The second-order valence-electron chi connectivity index (χ2n) is 5.99. The van der Waals surface area contributed by atoms with E-state index in [0.717, 1.165) is 18.4 Å². The van der Waals surface area contributed by atoms with Gasteiger partial charge in [-0.3, -0.25) is 10.1 Å². The van der Waals surface area contributed by atoms with Crippen molar-refractivity contribution in [1.82, 2.24) is 0 Å². The van der Waals surface area contributed by atoms with Crippen LogP contribution in [-0.4, -0.2) is 23.2 Å². The van der Waals surface area contributed by atoms with Gasteiger partial charge in [-0.1, -0.05) is 25.2 Å². The summed E-state index contributed by atoms with van der Waals surface area (Å²) in [7, 11) is 0.